The van der Waals surface area contributed by atoms with Crippen LogP contribution in [0.4, 0.5) is 0 Å². The van der Waals surface area contributed by atoms with Gasteiger partial charge in [0.05, 0.1) is 26.4 Å². The molecule has 5 atom stereocenters. The summed E-state index contributed by atoms with van der Waals surface area (Å²) in [7, 11) is -9.82. The quantitative estimate of drug-likeness (QED) is 0.0222. The van der Waals surface area contributed by atoms with Crippen LogP contribution in [0.5, 0.6) is 0 Å². The second kappa shape index (κ2) is 46.8. The lowest BCUT2D eigenvalue weighted by molar-refractivity contribution is -0.161. The van der Waals surface area contributed by atoms with E-state index in [1.165, 1.54) is 96.3 Å². The van der Waals surface area contributed by atoms with Gasteiger partial charge in [0.2, 0.25) is 0 Å². The number of carbonyl (C=O) groups is 4. The molecule has 0 saturated carbocycles. The highest BCUT2D eigenvalue weighted by Crippen LogP contribution is 2.45. The zero-order valence-electron chi connectivity index (χ0n) is 44.0. The van der Waals surface area contributed by atoms with Gasteiger partial charge in [-0.1, -0.05) is 195 Å². The summed E-state index contributed by atoms with van der Waals surface area (Å²) in [5.41, 5.74) is 0. The van der Waals surface area contributed by atoms with Crippen LogP contribution in [0.1, 0.15) is 246 Å². The van der Waals surface area contributed by atoms with Gasteiger partial charge in [0, 0.05) is 25.7 Å². The molecule has 0 aliphatic carbocycles. The molecule has 0 rings (SSSR count). The van der Waals surface area contributed by atoms with Crippen LogP contribution in [0.25, 0.3) is 0 Å². The van der Waals surface area contributed by atoms with Gasteiger partial charge in [-0.15, -0.1) is 0 Å². The van der Waals surface area contributed by atoms with E-state index in [0.29, 0.717) is 25.7 Å². The second-order valence-corrected chi connectivity index (χ2v) is 21.5. The molecule has 0 aliphatic heterocycles. The van der Waals surface area contributed by atoms with Crippen LogP contribution < -0.4 is 0 Å². The molecule has 0 fully saturated rings. The van der Waals surface area contributed by atoms with Gasteiger partial charge >= 0.3 is 39.5 Å². The highest BCUT2D eigenvalue weighted by atomic mass is 31.2. The van der Waals surface area contributed by atoms with E-state index in [9.17, 15) is 43.2 Å². The minimum atomic E-state index is -4.92. The Morgan fingerprint density at radius 2 is 0.586 bits per heavy atom. The van der Waals surface area contributed by atoms with Crippen LogP contribution in [0.2, 0.25) is 0 Å². The number of unbranched alkanes of at least 4 members (excludes halogenated alkanes) is 26. The smallest absolute Gasteiger partial charge is 0.462 e. The molecular weight excluding hydrogens is 946 g/mol. The Balaban J connectivity index is 4.91. The Bertz CT molecular complexity index is 1390. The molecule has 2 unspecified atom stereocenters. The van der Waals surface area contributed by atoms with Crippen molar-refractivity contribution >= 4 is 39.5 Å². The van der Waals surface area contributed by atoms with Crippen molar-refractivity contribution in [3.05, 3.63) is 0 Å². The monoisotopic (exact) mass is 1040 g/mol. The molecule has 17 nitrogen and oxygen atoms in total. The van der Waals surface area contributed by atoms with Crippen LogP contribution >= 0.6 is 15.6 Å². The fourth-order valence-corrected chi connectivity index (χ4v) is 8.89. The molecule has 0 saturated heterocycles. The van der Waals surface area contributed by atoms with E-state index >= 15 is 0 Å². The maximum absolute atomic E-state index is 12.8. The maximum Gasteiger partial charge on any atom is 0.472 e. The molecule has 0 aromatic rings. The van der Waals surface area contributed by atoms with Gasteiger partial charge in [-0.2, -0.15) is 0 Å². The minimum Gasteiger partial charge on any atom is -0.462 e. The molecular formula is C51H98O17P2. The van der Waals surface area contributed by atoms with E-state index in [0.717, 1.165) is 70.6 Å². The molecule has 0 amide bonds. The Morgan fingerprint density at radius 1 is 0.343 bits per heavy atom. The number of rotatable bonds is 52. The van der Waals surface area contributed by atoms with E-state index in [2.05, 4.69) is 20.8 Å². The first-order valence-corrected chi connectivity index (χ1v) is 30.3. The number of ether oxygens (including phenoxy) is 4. The highest BCUT2D eigenvalue weighted by molar-refractivity contribution is 7.47. The summed E-state index contributed by atoms with van der Waals surface area (Å²) in [5.74, 6) is -2.21. The van der Waals surface area contributed by atoms with E-state index in [-0.39, 0.29) is 25.7 Å². The zero-order chi connectivity index (χ0) is 52.0. The predicted molar refractivity (Wildman–Crippen MR) is 271 cm³/mol. The molecule has 3 N–H and O–H groups in total. The molecule has 19 heteroatoms. The molecule has 0 radical (unpaired) electrons. The van der Waals surface area contributed by atoms with Crippen molar-refractivity contribution in [1.82, 2.24) is 0 Å². The third kappa shape index (κ3) is 45.9. The van der Waals surface area contributed by atoms with Crippen LogP contribution in [0, 0.1) is 0 Å². The summed E-state index contributed by atoms with van der Waals surface area (Å²) in [5, 5.41) is 10.4. The van der Waals surface area contributed by atoms with Gasteiger partial charge in [-0.05, 0) is 25.7 Å². The summed E-state index contributed by atoms with van der Waals surface area (Å²) in [4.78, 5) is 70.5. The molecule has 0 aromatic carbocycles. The first kappa shape index (κ1) is 68.1. The van der Waals surface area contributed by atoms with Gasteiger partial charge in [-0.25, -0.2) is 9.13 Å². The number of aliphatic hydroxyl groups is 1. The number of carbonyl (C=O) groups excluding carboxylic acids is 4. The standard InChI is InChI=1S/C51H98O17P2/c1-5-9-13-16-18-20-21-22-23-24-25-27-29-31-34-38-51(56)68-47(42-61-48(53)36-32-15-11-7-3)44-66-70(59,60)64-40-45(52)39-63-69(57,58)65-43-46(67-50(55)35-12-8-4)41-62-49(54)37-33-30-28-26-19-17-14-10-6-2/h45-47,52H,5-44H2,1-4H3,(H,57,58)(H,59,60)/t45-,46-,47-/m1/s1. The summed E-state index contributed by atoms with van der Waals surface area (Å²) in [6.45, 7) is 4.38. The van der Waals surface area contributed by atoms with Gasteiger partial charge < -0.3 is 33.8 Å². The first-order chi connectivity index (χ1) is 33.7. The van der Waals surface area contributed by atoms with E-state index in [1.54, 1.807) is 0 Å². The minimum absolute atomic E-state index is 0.0787. The molecule has 0 bridgehead atoms. The summed E-state index contributed by atoms with van der Waals surface area (Å²) < 4.78 is 66.6. The van der Waals surface area contributed by atoms with Gasteiger partial charge in [0.1, 0.15) is 19.3 Å². The van der Waals surface area contributed by atoms with Crippen molar-refractivity contribution in [2.75, 3.05) is 39.6 Å². The number of phosphoric acid groups is 2. The van der Waals surface area contributed by atoms with Crippen molar-refractivity contribution in [3.8, 4) is 0 Å². The molecule has 0 heterocycles. The lowest BCUT2D eigenvalue weighted by Gasteiger charge is -2.21. The molecule has 414 valence electrons. The van der Waals surface area contributed by atoms with Gasteiger partial charge in [-0.3, -0.25) is 37.3 Å². The Kier molecular flexibility index (Phi) is 45.5. The van der Waals surface area contributed by atoms with Crippen LogP contribution in [-0.4, -0.2) is 96.7 Å². The molecule has 0 spiro atoms. The normalized spacial score (nSPS) is 14.6. The largest absolute Gasteiger partial charge is 0.472 e. The van der Waals surface area contributed by atoms with Crippen LogP contribution in [0.15, 0.2) is 0 Å². The molecule has 0 aromatic heterocycles. The van der Waals surface area contributed by atoms with E-state index in [1.807, 2.05) is 6.92 Å². The molecule has 70 heavy (non-hydrogen) atoms. The Hall–Kier alpha value is -1.94. The predicted octanol–water partition coefficient (Wildman–Crippen LogP) is 12.9. The summed E-state index contributed by atoms with van der Waals surface area (Å²) in [6, 6.07) is 0. The van der Waals surface area contributed by atoms with Gasteiger partial charge in [0.25, 0.3) is 0 Å². The lowest BCUT2D eigenvalue weighted by atomic mass is 10.0. The average Bonchev–Trinajstić information content (AvgIpc) is 3.33. The van der Waals surface area contributed by atoms with Crippen molar-refractivity contribution in [2.45, 2.75) is 264 Å². The number of hydrogen-bond acceptors (Lipinski definition) is 15. The van der Waals surface area contributed by atoms with Crippen LogP contribution in [0.3, 0.4) is 0 Å². The Morgan fingerprint density at radius 3 is 0.900 bits per heavy atom. The second-order valence-electron chi connectivity index (χ2n) is 18.6. The van der Waals surface area contributed by atoms with Crippen molar-refractivity contribution in [3.63, 3.8) is 0 Å². The maximum atomic E-state index is 12.8. The fraction of sp³-hybridized carbons (Fsp3) is 0.922. The summed E-state index contributed by atoms with van der Waals surface area (Å²) >= 11 is 0. The lowest BCUT2D eigenvalue weighted by Crippen LogP contribution is -2.30. The van der Waals surface area contributed by atoms with Crippen molar-refractivity contribution < 1.29 is 80.2 Å². The van der Waals surface area contributed by atoms with Gasteiger partial charge in [0.15, 0.2) is 12.2 Å². The Labute approximate surface area is 422 Å². The first-order valence-electron chi connectivity index (χ1n) is 27.3. The zero-order valence-corrected chi connectivity index (χ0v) is 45.8. The summed E-state index contributed by atoms with van der Waals surface area (Å²) in [6.07, 6.45) is 28.4. The third-order valence-corrected chi connectivity index (χ3v) is 13.5. The topological polar surface area (TPSA) is 237 Å². The van der Waals surface area contributed by atoms with E-state index < -0.39 is 97.5 Å². The number of hydrogen-bond donors (Lipinski definition) is 3. The third-order valence-electron chi connectivity index (χ3n) is 11.6. The van der Waals surface area contributed by atoms with Crippen molar-refractivity contribution in [1.29, 1.82) is 0 Å². The number of aliphatic hydroxyl groups excluding tert-OH is 1. The van der Waals surface area contributed by atoms with Crippen LogP contribution in [-0.2, 0) is 65.4 Å². The number of esters is 4. The SMILES string of the molecule is CCCCCCCCCCCCCCCCCC(=O)O[C@H](COC(=O)CCCCCC)COP(=O)(O)OC[C@H](O)COP(=O)(O)OC[C@@H](COC(=O)CCCCCCCCCCC)OC(=O)CCCC. The highest BCUT2D eigenvalue weighted by Gasteiger charge is 2.30. The average molecular weight is 1050 g/mol. The fourth-order valence-electron chi connectivity index (χ4n) is 7.31. The van der Waals surface area contributed by atoms with E-state index in [4.69, 9.17) is 37.0 Å². The molecule has 0 aliphatic rings. The van der Waals surface area contributed by atoms with Crippen molar-refractivity contribution in [2.24, 2.45) is 0 Å². The number of phosphoric ester groups is 2.